The Morgan fingerprint density at radius 1 is 1.24 bits per heavy atom. The Morgan fingerprint density at radius 2 is 1.88 bits per heavy atom. The Bertz CT molecular complexity index is 313. The van der Waals surface area contributed by atoms with Crippen LogP contribution in [0.5, 0.6) is 0 Å². The van der Waals surface area contributed by atoms with Gasteiger partial charge < -0.3 is 5.32 Å². The van der Waals surface area contributed by atoms with Crippen molar-refractivity contribution in [1.29, 1.82) is 0 Å². The van der Waals surface area contributed by atoms with E-state index in [1.165, 1.54) is 0 Å². The molecule has 0 aromatic heterocycles. The van der Waals surface area contributed by atoms with Gasteiger partial charge in [-0.05, 0) is 19.1 Å². The summed E-state index contributed by atoms with van der Waals surface area (Å²) in [6, 6.07) is 9.29. The van der Waals surface area contributed by atoms with Crippen LogP contribution in [0.2, 0.25) is 0 Å². The van der Waals surface area contributed by atoms with E-state index >= 15 is 0 Å². The highest BCUT2D eigenvalue weighted by Crippen LogP contribution is 2.21. The summed E-state index contributed by atoms with van der Waals surface area (Å²) in [5.74, 6) is 0.770. The van der Waals surface area contributed by atoms with Crippen LogP contribution in [-0.4, -0.2) is 24.5 Å². The van der Waals surface area contributed by atoms with Crippen LogP contribution in [0.1, 0.15) is 13.3 Å². The Hall–Kier alpha value is -0.680. The van der Waals surface area contributed by atoms with Gasteiger partial charge in [-0.1, -0.05) is 18.2 Å². The summed E-state index contributed by atoms with van der Waals surface area (Å²) in [5.41, 5.74) is 0. The maximum absolute atomic E-state index is 12.0. The van der Waals surface area contributed by atoms with Gasteiger partial charge >= 0.3 is 6.18 Å². The first-order chi connectivity index (χ1) is 7.97. The number of nitrogens with one attached hydrogen (secondary N) is 1. The predicted molar refractivity (Wildman–Crippen MR) is 65.3 cm³/mol. The van der Waals surface area contributed by atoms with E-state index in [0.29, 0.717) is 6.54 Å². The minimum absolute atomic E-state index is 0.522. The third kappa shape index (κ3) is 7.28. The van der Waals surface area contributed by atoms with Gasteiger partial charge in [-0.25, -0.2) is 0 Å². The third-order valence-electron chi connectivity index (χ3n) is 2.14. The number of hydrogen-bond donors (Lipinski definition) is 1. The molecule has 1 N–H and O–H groups in total. The van der Waals surface area contributed by atoms with E-state index in [4.69, 9.17) is 0 Å². The van der Waals surface area contributed by atoms with Crippen molar-refractivity contribution in [2.75, 3.05) is 12.3 Å². The highest BCUT2D eigenvalue weighted by molar-refractivity contribution is 7.99. The Morgan fingerprint density at radius 3 is 2.47 bits per heavy atom. The topological polar surface area (TPSA) is 12.0 Å². The lowest BCUT2D eigenvalue weighted by atomic mass is 10.2. The molecule has 1 rings (SSSR count). The molecule has 1 aromatic carbocycles. The average molecular weight is 263 g/mol. The summed E-state index contributed by atoms with van der Waals surface area (Å²) in [6.07, 6.45) is -4.86. The lowest BCUT2D eigenvalue weighted by molar-refractivity contribution is -0.138. The van der Waals surface area contributed by atoms with Crippen molar-refractivity contribution in [3.8, 4) is 0 Å². The van der Waals surface area contributed by atoms with Crippen LogP contribution in [-0.2, 0) is 0 Å². The van der Waals surface area contributed by atoms with Crippen LogP contribution in [0, 0.1) is 0 Å². The smallest absolute Gasteiger partial charge is 0.313 e. The van der Waals surface area contributed by atoms with E-state index in [-0.39, 0.29) is 0 Å². The second-order valence-electron chi connectivity index (χ2n) is 3.84. The molecule has 0 bridgehead atoms. The minimum Gasteiger partial charge on any atom is -0.313 e. The second-order valence-corrected chi connectivity index (χ2v) is 5.00. The molecular formula is C12H16F3NS. The zero-order valence-electron chi connectivity index (χ0n) is 9.63. The maximum Gasteiger partial charge on any atom is 0.390 e. The van der Waals surface area contributed by atoms with Crippen LogP contribution < -0.4 is 5.32 Å². The van der Waals surface area contributed by atoms with Gasteiger partial charge in [0.25, 0.3) is 0 Å². The Kier molecular flexibility index (Phi) is 5.85. The second kappa shape index (κ2) is 6.91. The molecule has 1 nitrogen and oxygen atoms in total. The zero-order valence-corrected chi connectivity index (χ0v) is 10.4. The average Bonchev–Trinajstić information content (AvgIpc) is 2.23. The van der Waals surface area contributed by atoms with Gasteiger partial charge in [-0.15, -0.1) is 11.8 Å². The fourth-order valence-electron chi connectivity index (χ4n) is 1.41. The monoisotopic (exact) mass is 263 g/mol. The first-order valence-electron chi connectivity index (χ1n) is 5.45. The molecule has 0 spiro atoms. The van der Waals surface area contributed by atoms with E-state index in [2.05, 4.69) is 5.32 Å². The van der Waals surface area contributed by atoms with Crippen molar-refractivity contribution >= 4 is 11.8 Å². The summed E-state index contributed by atoms with van der Waals surface area (Å²) in [7, 11) is 0. The van der Waals surface area contributed by atoms with Gasteiger partial charge in [0.15, 0.2) is 0 Å². The molecule has 96 valence electrons. The van der Waals surface area contributed by atoms with Crippen LogP contribution in [0.25, 0.3) is 0 Å². The molecule has 0 fully saturated rings. The molecule has 0 aliphatic carbocycles. The van der Waals surface area contributed by atoms with Crippen LogP contribution in [0.4, 0.5) is 13.2 Å². The number of benzene rings is 1. The lowest BCUT2D eigenvalue weighted by Gasteiger charge is -2.15. The maximum atomic E-state index is 12.0. The van der Waals surface area contributed by atoms with E-state index in [0.717, 1.165) is 10.6 Å². The van der Waals surface area contributed by atoms with Crippen molar-refractivity contribution in [2.24, 2.45) is 0 Å². The van der Waals surface area contributed by atoms with E-state index in [1.54, 1.807) is 18.7 Å². The van der Waals surface area contributed by atoms with Crippen molar-refractivity contribution < 1.29 is 13.2 Å². The Labute approximate surface area is 104 Å². The summed E-state index contributed by atoms with van der Waals surface area (Å²) < 4.78 is 36.1. The van der Waals surface area contributed by atoms with Gasteiger partial charge in [0.05, 0.1) is 6.42 Å². The molecule has 5 heteroatoms. The SMILES string of the molecule is CC(CC(F)(F)F)NCCSc1ccccc1. The molecule has 1 aromatic rings. The molecule has 1 atom stereocenters. The normalized spacial score (nSPS) is 13.6. The first kappa shape index (κ1) is 14.4. The standard InChI is InChI=1S/C12H16F3NS/c1-10(9-12(13,14)15)16-7-8-17-11-5-3-2-4-6-11/h2-6,10,16H,7-9H2,1H3. The van der Waals surface area contributed by atoms with Crippen LogP contribution in [0.15, 0.2) is 35.2 Å². The molecule has 0 aliphatic rings. The highest BCUT2D eigenvalue weighted by atomic mass is 32.2. The van der Waals surface area contributed by atoms with Crippen molar-refractivity contribution in [3.05, 3.63) is 30.3 Å². The van der Waals surface area contributed by atoms with Gasteiger partial charge in [-0.2, -0.15) is 13.2 Å². The zero-order chi connectivity index (χ0) is 12.7. The molecular weight excluding hydrogens is 247 g/mol. The van der Waals surface area contributed by atoms with E-state index in [9.17, 15) is 13.2 Å². The highest BCUT2D eigenvalue weighted by Gasteiger charge is 2.29. The number of hydrogen-bond acceptors (Lipinski definition) is 2. The minimum atomic E-state index is -4.08. The summed E-state index contributed by atoms with van der Waals surface area (Å²) in [6.45, 7) is 2.14. The summed E-state index contributed by atoms with van der Waals surface area (Å²) in [5, 5.41) is 2.87. The predicted octanol–water partition coefficient (Wildman–Crippen LogP) is 3.71. The molecule has 0 amide bonds. The third-order valence-corrected chi connectivity index (χ3v) is 3.16. The first-order valence-corrected chi connectivity index (χ1v) is 6.44. The van der Waals surface area contributed by atoms with Gasteiger partial charge in [-0.3, -0.25) is 0 Å². The molecule has 1 unspecified atom stereocenters. The number of rotatable bonds is 6. The van der Waals surface area contributed by atoms with Crippen molar-refractivity contribution in [3.63, 3.8) is 0 Å². The van der Waals surface area contributed by atoms with Gasteiger partial charge in [0.1, 0.15) is 0 Å². The Balaban J connectivity index is 2.12. The quantitative estimate of drug-likeness (QED) is 0.620. The van der Waals surface area contributed by atoms with Crippen LogP contribution in [0.3, 0.4) is 0 Å². The van der Waals surface area contributed by atoms with E-state index < -0.39 is 18.6 Å². The van der Waals surface area contributed by atoms with Crippen molar-refractivity contribution in [2.45, 2.75) is 30.5 Å². The lowest BCUT2D eigenvalue weighted by Crippen LogP contribution is -2.32. The number of thioether (sulfide) groups is 1. The fourth-order valence-corrected chi connectivity index (χ4v) is 2.22. The molecule has 17 heavy (non-hydrogen) atoms. The van der Waals surface area contributed by atoms with E-state index in [1.807, 2.05) is 30.3 Å². The fraction of sp³-hybridized carbons (Fsp3) is 0.500. The molecule has 0 heterocycles. The summed E-state index contributed by atoms with van der Waals surface area (Å²) in [4.78, 5) is 1.14. The molecule has 0 saturated carbocycles. The van der Waals surface area contributed by atoms with Gasteiger partial charge in [0.2, 0.25) is 0 Å². The molecule has 0 aliphatic heterocycles. The largest absolute Gasteiger partial charge is 0.390 e. The van der Waals surface area contributed by atoms with Crippen LogP contribution >= 0.6 is 11.8 Å². The molecule has 0 radical (unpaired) electrons. The van der Waals surface area contributed by atoms with Gasteiger partial charge in [0, 0.05) is 23.2 Å². The summed E-state index contributed by atoms with van der Waals surface area (Å²) >= 11 is 1.64. The molecule has 0 saturated heterocycles. The number of alkyl halides is 3. The van der Waals surface area contributed by atoms with Crippen molar-refractivity contribution in [1.82, 2.24) is 5.32 Å². The number of halogens is 3.